The second kappa shape index (κ2) is 2.29. The predicted molar refractivity (Wildman–Crippen MR) is 53.5 cm³/mol. The number of ether oxygens (including phenoxy) is 1. The standard InChI is InChI=1S/C9H8N4OS/c10-4-7-3-8(7,5-11)9(13-6(7)12)14-1-2-15-9/h1-3H2,(H2,12,13)/t7-,8-,9-/m0/s1. The highest BCUT2D eigenvalue weighted by Gasteiger charge is 2.86. The Labute approximate surface area is 90.9 Å². The molecule has 0 aromatic carbocycles. The summed E-state index contributed by atoms with van der Waals surface area (Å²) in [7, 11) is 0. The number of thioether (sulfide) groups is 1. The zero-order chi connectivity index (χ0) is 10.7. The molecule has 1 saturated carbocycles. The van der Waals surface area contributed by atoms with Gasteiger partial charge in [-0.25, -0.2) is 4.99 Å². The summed E-state index contributed by atoms with van der Waals surface area (Å²) >= 11 is 1.48. The molecule has 1 spiro atoms. The third kappa shape index (κ3) is 0.676. The average Bonchev–Trinajstić information content (AvgIpc) is 2.67. The van der Waals surface area contributed by atoms with E-state index in [4.69, 9.17) is 15.7 Å². The van der Waals surface area contributed by atoms with E-state index in [1.807, 2.05) is 0 Å². The summed E-state index contributed by atoms with van der Waals surface area (Å²) < 4.78 is 5.57. The SMILES string of the molecule is N#C[C@@]12C[C@]1(C#N)C(N)=N[C@]21OCCS1. The van der Waals surface area contributed by atoms with E-state index in [-0.39, 0.29) is 5.84 Å². The highest BCUT2D eigenvalue weighted by molar-refractivity contribution is 8.00. The molecule has 3 rings (SSSR count). The molecule has 15 heavy (non-hydrogen) atoms. The molecule has 1 saturated heterocycles. The van der Waals surface area contributed by atoms with Crippen molar-refractivity contribution in [3.8, 4) is 12.1 Å². The van der Waals surface area contributed by atoms with Crippen LogP contribution in [0.25, 0.3) is 0 Å². The number of nitriles is 2. The molecular formula is C9H8N4OS. The largest absolute Gasteiger partial charge is 0.386 e. The van der Waals surface area contributed by atoms with Crippen molar-refractivity contribution >= 4 is 17.6 Å². The fourth-order valence-electron chi connectivity index (χ4n) is 2.50. The number of amidine groups is 1. The maximum atomic E-state index is 9.28. The summed E-state index contributed by atoms with van der Waals surface area (Å²) in [5.74, 6) is 1.06. The van der Waals surface area contributed by atoms with Crippen molar-refractivity contribution in [1.82, 2.24) is 0 Å². The van der Waals surface area contributed by atoms with Crippen LogP contribution in [0.5, 0.6) is 0 Å². The summed E-state index contributed by atoms with van der Waals surface area (Å²) in [6.07, 6.45) is 0.454. The molecule has 6 heteroatoms. The van der Waals surface area contributed by atoms with Crippen molar-refractivity contribution < 1.29 is 4.74 Å². The molecule has 0 aromatic rings. The van der Waals surface area contributed by atoms with Crippen LogP contribution in [0, 0.1) is 33.5 Å². The maximum Gasteiger partial charge on any atom is 0.230 e. The van der Waals surface area contributed by atoms with Crippen LogP contribution in [0.1, 0.15) is 6.42 Å². The minimum Gasteiger partial charge on any atom is -0.386 e. The van der Waals surface area contributed by atoms with Gasteiger partial charge in [0.1, 0.15) is 16.7 Å². The van der Waals surface area contributed by atoms with Gasteiger partial charge in [0.05, 0.1) is 18.7 Å². The van der Waals surface area contributed by atoms with Crippen molar-refractivity contribution in [2.24, 2.45) is 21.6 Å². The molecule has 1 aliphatic carbocycles. The molecule has 2 heterocycles. The summed E-state index contributed by atoms with van der Waals surface area (Å²) in [5, 5.41) is 17.5. The van der Waals surface area contributed by atoms with Gasteiger partial charge in [0.25, 0.3) is 0 Å². The summed E-state index contributed by atoms with van der Waals surface area (Å²) in [5.41, 5.74) is 4.03. The molecule has 2 N–H and O–H groups in total. The highest BCUT2D eigenvalue weighted by Crippen LogP contribution is 2.76. The Kier molecular flexibility index (Phi) is 1.38. The third-order valence-electron chi connectivity index (χ3n) is 3.44. The summed E-state index contributed by atoms with van der Waals surface area (Å²) in [6, 6.07) is 4.34. The second-order valence-corrected chi connectivity index (χ2v) is 5.24. The molecule has 2 aliphatic heterocycles. The average molecular weight is 220 g/mol. The number of nitrogens with two attached hydrogens (primary N) is 1. The van der Waals surface area contributed by atoms with Crippen molar-refractivity contribution in [3.63, 3.8) is 0 Å². The lowest BCUT2D eigenvalue weighted by Gasteiger charge is -2.24. The number of aliphatic imine (C=N–C) groups is 1. The van der Waals surface area contributed by atoms with E-state index in [0.29, 0.717) is 13.0 Å². The molecule has 5 nitrogen and oxygen atoms in total. The highest BCUT2D eigenvalue weighted by atomic mass is 32.2. The van der Waals surface area contributed by atoms with Crippen molar-refractivity contribution in [3.05, 3.63) is 0 Å². The predicted octanol–water partition coefficient (Wildman–Crippen LogP) is 0.198. The minimum atomic E-state index is -0.901. The first kappa shape index (κ1) is 9.02. The summed E-state index contributed by atoms with van der Waals surface area (Å²) in [6.45, 7) is 0.562. The van der Waals surface area contributed by atoms with Gasteiger partial charge in [-0.05, 0) is 0 Å². The van der Waals surface area contributed by atoms with E-state index in [2.05, 4.69) is 17.1 Å². The Morgan fingerprint density at radius 3 is 2.73 bits per heavy atom. The van der Waals surface area contributed by atoms with Crippen LogP contribution in [0.2, 0.25) is 0 Å². The Morgan fingerprint density at radius 2 is 2.27 bits per heavy atom. The lowest BCUT2D eigenvalue weighted by atomic mass is 9.95. The Hall–Kier alpha value is -1.24. The molecule has 0 radical (unpaired) electrons. The molecule has 3 atom stereocenters. The van der Waals surface area contributed by atoms with Gasteiger partial charge >= 0.3 is 0 Å². The fraction of sp³-hybridized carbons (Fsp3) is 0.667. The van der Waals surface area contributed by atoms with Crippen molar-refractivity contribution in [2.75, 3.05) is 12.4 Å². The molecular weight excluding hydrogens is 212 g/mol. The number of hydrogen-bond donors (Lipinski definition) is 1. The third-order valence-corrected chi connectivity index (χ3v) is 4.76. The van der Waals surface area contributed by atoms with Crippen LogP contribution < -0.4 is 5.73 Å². The van der Waals surface area contributed by atoms with Gasteiger partial charge < -0.3 is 10.5 Å². The number of rotatable bonds is 0. The Balaban J connectivity index is 2.17. The number of hydrogen-bond acceptors (Lipinski definition) is 6. The molecule has 3 aliphatic rings. The molecule has 0 bridgehead atoms. The van der Waals surface area contributed by atoms with Crippen LogP contribution >= 0.6 is 11.8 Å². The van der Waals surface area contributed by atoms with Gasteiger partial charge in [-0.1, -0.05) is 11.8 Å². The lowest BCUT2D eigenvalue weighted by Crippen LogP contribution is -2.33. The van der Waals surface area contributed by atoms with E-state index in [9.17, 15) is 5.26 Å². The van der Waals surface area contributed by atoms with Crippen LogP contribution in [0.3, 0.4) is 0 Å². The maximum absolute atomic E-state index is 9.28. The van der Waals surface area contributed by atoms with Crippen molar-refractivity contribution in [1.29, 1.82) is 10.5 Å². The zero-order valence-corrected chi connectivity index (χ0v) is 8.67. The smallest absolute Gasteiger partial charge is 0.230 e. The van der Waals surface area contributed by atoms with Crippen molar-refractivity contribution in [2.45, 2.75) is 11.5 Å². The first-order chi connectivity index (χ1) is 7.16. The quantitative estimate of drug-likeness (QED) is 0.629. The molecule has 0 aromatic heterocycles. The van der Waals surface area contributed by atoms with Crippen LogP contribution in [0.15, 0.2) is 4.99 Å². The van der Waals surface area contributed by atoms with Gasteiger partial charge in [0.2, 0.25) is 5.06 Å². The number of fused-ring (bicyclic) bond motifs is 2. The molecule has 0 amide bonds. The minimum absolute atomic E-state index is 0.265. The zero-order valence-electron chi connectivity index (χ0n) is 7.86. The lowest BCUT2D eigenvalue weighted by molar-refractivity contribution is 0.0220. The van der Waals surface area contributed by atoms with Gasteiger partial charge in [-0.2, -0.15) is 10.5 Å². The Morgan fingerprint density at radius 1 is 1.47 bits per heavy atom. The van der Waals surface area contributed by atoms with E-state index >= 15 is 0 Å². The molecule has 76 valence electrons. The Bertz CT molecular complexity index is 456. The van der Waals surface area contributed by atoms with E-state index in [0.717, 1.165) is 5.75 Å². The molecule has 2 fully saturated rings. The normalized spacial score (nSPS) is 50.7. The fourth-order valence-corrected chi connectivity index (χ4v) is 3.82. The first-order valence-corrected chi connectivity index (χ1v) is 5.61. The molecule has 0 unspecified atom stereocenters. The topological polar surface area (TPSA) is 95.2 Å². The van der Waals surface area contributed by atoms with E-state index < -0.39 is 15.9 Å². The van der Waals surface area contributed by atoms with Gasteiger partial charge in [-0.15, -0.1) is 0 Å². The van der Waals surface area contributed by atoms with E-state index in [1.54, 1.807) is 0 Å². The monoisotopic (exact) mass is 220 g/mol. The van der Waals surface area contributed by atoms with E-state index in [1.165, 1.54) is 11.8 Å². The number of nitrogens with zero attached hydrogens (tertiary/aromatic N) is 3. The second-order valence-electron chi connectivity index (χ2n) is 3.99. The van der Waals surface area contributed by atoms with Crippen LogP contribution in [-0.4, -0.2) is 23.3 Å². The van der Waals surface area contributed by atoms with Crippen LogP contribution in [0.4, 0.5) is 0 Å². The first-order valence-electron chi connectivity index (χ1n) is 4.63. The van der Waals surface area contributed by atoms with Crippen LogP contribution in [-0.2, 0) is 4.74 Å². The van der Waals surface area contributed by atoms with Gasteiger partial charge in [-0.3, -0.25) is 0 Å². The summed E-state index contributed by atoms with van der Waals surface area (Å²) in [4.78, 5) is 4.23. The van der Waals surface area contributed by atoms with Gasteiger partial charge in [0.15, 0.2) is 0 Å². The van der Waals surface area contributed by atoms with Gasteiger partial charge in [0, 0.05) is 12.2 Å².